The Labute approximate surface area is 158 Å². The molecule has 0 aliphatic carbocycles. The zero-order valence-corrected chi connectivity index (χ0v) is 18.2. The minimum atomic E-state index is -3.26. The second-order valence-electron chi connectivity index (χ2n) is 7.88. The molecule has 0 saturated carbocycles. The van der Waals surface area contributed by atoms with E-state index in [0.717, 1.165) is 11.3 Å². The molecule has 0 saturated heterocycles. The average molecular weight is 393 g/mol. The van der Waals surface area contributed by atoms with E-state index in [0.29, 0.717) is 11.1 Å². The van der Waals surface area contributed by atoms with Crippen LogP contribution in [0.4, 0.5) is 0 Å². The molecule has 142 valence electrons. The molecule has 0 radical (unpaired) electrons. The fourth-order valence-corrected chi connectivity index (χ4v) is 4.17. The van der Waals surface area contributed by atoms with Gasteiger partial charge in [-0.05, 0) is 41.8 Å². The van der Waals surface area contributed by atoms with Crippen LogP contribution in [-0.4, -0.2) is 28.8 Å². The van der Waals surface area contributed by atoms with Gasteiger partial charge in [0.05, 0.1) is 4.90 Å². The van der Waals surface area contributed by atoms with Crippen LogP contribution < -0.4 is 4.43 Å². The van der Waals surface area contributed by atoms with Crippen molar-refractivity contribution in [2.75, 3.05) is 6.26 Å². The zero-order valence-electron chi connectivity index (χ0n) is 16.3. The van der Waals surface area contributed by atoms with Gasteiger partial charge in [0.1, 0.15) is 11.9 Å². The van der Waals surface area contributed by atoms with Crippen molar-refractivity contribution < 1.29 is 18.0 Å². The summed E-state index contributed by atoms with van der Waals surface area (Å²) in [4.78, 5) is 0.239. The Hall–Kier alpha value is -1.63. The number of para-hydroxylation sites is 1. The summed E-state index contributed by atoms with van der Waals surface area (Å²) in [5.41, 5.74) is 2.29. The number of benzene rings is 2. The number of hydrogen-bond acceptors (Lipinski definition) is 4. The van der Waals surface area contributed by atoms with Gasteiger partial charge in [0.15, 0.2) is 9.84 Å². The second kappa shape index (κ2) is 7.54. The van der Waals surface area contributed by atoms with Crippen LogP contribution >= 0.6 is 0 Å². The van der Waals surface area contributed by atoms with E-state index in [2.05, 4.69) is 33.9 Å². The Bertz CT molecular complexity index is 866. The third kappa shape index (κ3) is 4.75. The summed E-state index contributed by atoms with van der Waals surface area (Å²) < 4.78 is 29.5. The standard InChI is InChI=1S/C20H28O4SSi/c1-20(2,3)17-9-7-8-16(19(17)24-26(5)6)18(21)14-10-12-15(13-11-14)25(4,22)23/h7-13,18,21,26H,1-6H3. The molecule has 4 nitrogen and oxygen atoms in total. The summed E-state index contributed by atoms with van der Waals surface area (Å²) in [7, 11) is -4.64. The van der Waals surface area contributed by atoms with E-state index in [1.807, 2.05) is 18.2 Å². The number of aliphatic hydroxyl groups excluding tert-OH is 1. The van der Waals surface area contributed by atoms with Crippen LogP contribution in [0.2, 0.25) is 13.1 Å². The highest BCUT2D eigenvalue weighted by Crippen LogP contribution is 2.39. The van der Waals surface area contributed by atoms with Gasteiger partial charge in [0.2, 0.25) is 9.04 Å². The SMILES string of the molecule is C[SiH](C)Oc1c(C(O)c2ccc(S(C)(=O)=O)cc2)cccc1C(C)(C)C. The maximum absolute atomic E-state index is 11.6. The van der Waals surface area contributed by atoms with E-state index in [4.69, 9.17) is 4.43 Å². The number of aliphatic hydroxyl groups is 1. The van der Waals surface area contributed by atoms with Crippen molar-refractivity contribution in [1.82, 2.24) is 0 Å². The van der Waals surface area contributed by atoms with E-state index < -0.39 is 25.0 Å². The molecule has 0 heterocycles. The predicted molar refractivity (Wildman–Crippen MR) is 108 cm³/mol. The van der Waals surface area contributed by atoms with Crippen LogP contribution in [0.25, 0.3) is 0 Å². The first-order valence-corrected chi connectivity index (χ1v) is 13.4. The maximum atomic E-state index is 11.6. The average Bonchev–Trinajstić information content (AvgIpc) is 2.52. The molecule has 0 bridgehead atoms. The fraction of sp³-hybridized carbons (Fsp3) is 0.400. The summed E-state index contributed by atoms with van der Waals surface area (Å²) in [6, 6.07) is 12.2. The molecule has 1 N–H and O–H groups in total. The molecule has 0 aliphatic heterocycles. The zero-order chi connectivity index (χ0) is 19.7. The predicted octanol–water partition coefficient (Wildman–Crippen LogP) is 3.83. The number of sulfone groups is 1. The first-order chi connectivity index (χ1) is 11.9. The highest BCUT2D eigenvalue weighted by molar-refractivity contribution is 7.90. The topological polar surface area (TPSA) is 63.6 Å². The van der Waals surface area contributed by atoms with Gasteiger partial charge in [-0.3, -0.25) is 0 Å². The van der Waals surface area contributed by atoms with Crippen molar-refractivity contribution in [3.8, 4) is 5.75 Å². The Balaban J connectivity index is 2.53. The lowest BCUT2D eigenvalue weighted by Crippen LogP contribution is -2.20. The molecule has 0 aliphatic rings. The smallest absolute Gasteiger partial charge is 0.229 e. The highest BCUT2D eigenvalue weighted by atomic mass is 32.2. The van der Waals surface area contributed by atoms with Crippen LogP contribution in [0, 0.1) is 0 Å². The number of rotatable bonds is 5. The molecule has 0 aromatic heterocycles. The Morgan fingerprint density at radius 3 is 2.08 bits per heavy atom. The van der Waals surface area contributed by atoms with E-state index in [1.165, 1.54) is 18.4 Å². The van der Waals surface area contributed by atoms with Crippen LogP contribution in [-0.2, 0) is 15.3 Å². The van der Waals surface area contributed by atoms with Gasteiger partial charge < -0.3 is 9.53 Å². The molecule has 1 unspecified atom stereocenters. The van der Waals surface area contributed by atoms with Crippen LogP contribution in [0.15, 0.2) is 47.4 Å². The molecule has 0 amide bonds. The van der Waals surface area contributed by atoms with Crippen molar-refractivity contribution in [1.29, 1.82) is 0 Å². The van der Waals surface area contributed by atoms with Crippen LogP contribution in [0.1, 0.15) is 43.6 Å². The molecule has 2 rings (SSSR count). The molecule has 0 spiro atoms. The summed E-state index contributed by atoms with van der Waals surface area (Å²) >= 11 is 0. The third-order valence-electron chi connectivity index (χ3n) is 4.13. The highest BCUT2D eigenvalue weighted by Gasteiger charge is 2.25. The first kappa shape index (κ1) is 20.7. The lowest BCUT2D eigenvalue weighted by Gasteiger charge is -2.28. The van der Waals surface area contributed by atoms with Crippen LogP contribution in [0.3, 0.4) is 0 Å². The van der Waals surface area contributed by atoms with Crippen molar-refractivity contribution in [2.24, 2.45) is 0 Å². The fourth-order valence-electron chi connectivity index (χ4n) is 2.80. The molecule has 2 aromatic carbocycles. The Morgan fingerprint density at radius 2 is 1.62 bits per heavy atom. The van der Waals surface area contributed by atoms with E-state index in [1.54, 1.807) is 12.1 Å². The Morgan fingerprint density at radius 1 is 1.04 bits per heavy atom. The van der Waals surface area contributed by atoms with Gasteiger partial charge in [-0.25, -0.2) is 8.42 Å². The third-order valence-corrected chi connectivity index (χ3v) is 5.96. The number of hydrogen-bond donors (Lipinski definition) is 1. The lowest BCUT2D eigenvalue weighted by atomic mass is 9.84. The summed E-state index contributed by atoms with van der Waals surface area (Å²) in [6.07, 6.45) is 0.290. The molecular weight excluding hydrogens is 364 g/mol. The van der Waals surface area contributed by atoms with Gasteiger partial charge in [0, 0.05) is 11.8 Å². The maximum Gasteiger partial charge on any atom is 0.229 e. The quantitative estimate of drug-likeness (QED) is 0.786. The summed E-state index contributed by atoms with van der Waals surface area (Å²) in [5, 5.41) is 11.0. The van der Waals surface area contributed by atoms with Crippen LogP contribution in [0.5, 0.6) is 5.75 Å². The van der Waals surface area contributed by atoms with Gasteiger partial charge in [-0.2, -0.15) is 0 Å². The monoisotopic (exact) mass is 392 g/mol. The van der Waals surface area contributed by atoms with E-state index in [-0.39, 0.29) is 10.3 Å². The van der Waals surface area contributed by atoms with Gasteiger partial charge in [0.25, 0.3) is 0 Å². The first-order valence-electron chi connectivity index (χ1n) is 8.69. The molecule has 26 heavy (non-hydrogen) atoms. The largest absolute Gasteiger partial charge is 0.547 e. The normalized spacial score (nSPS) is 13.7. The van der Waals surface area contributed by atoms with Gasteiger partial charge in [-0.1, -0.05) is 51.1 Å². The minimum absolute atomic E-state index is 0.117. The molecule has 1 atom stereocenters. The van der Waals surface area contributed by atoms with Crippen molar-refractivity contribution in [2.45, 2.75) is 50.3 Å². The molecule has 2 aromatic rings. The minimum Gasteiger partial charge on any atom is -0.547 e. The molecule has 0 fully saturated rings. The molecule has 6 heteroatoms. The second-order valence-corrected chi connectivity index (χ2v) is 12.2. The van der Waals surface area contributed by atoms with Crippen molar-refractivity contribution >= 4 is 18.9 Å². The van der Waals surface area contributed by atoms with E-state index >= 15 is 0 Å². The van der Waals surface area contributed by atoms with Crippen molar-refractivity contribution in [3.63, 3.8) is 0 Å². The Kier molecular flexibility index (Phi) is 6.00. The summed E-state index contributed by atoms with van der Waals surface area (Å²) in [6.45, 7) is 10.5. The molecular formula is C20H28O4SSi. The van der Waals surface area contributed by atoms with Gasteiger partial charge >= 0.3 is 0 Å². The van der Waals surface area contributed by atoms with Gasteiger partial charge in [-0.15, -0.1) is 0 Å². The van der Waals surface area contributed by atoms with E-state index in [9.17, 15) is 13.5 Å². The van der Waals surface area contributed by atoms with Crippen molar-refractivity contribution in [3.05, 3.63) is 59.2 Å². The lowest BCUT2D eigenvalue weighted by molar-refractivity contribution is 0.217. The summed E-state index contributed by atoms with van der Waals surface area (Å²) in [5.74, 6) is 0.751.